The van der Waals surface area contributed by atoms with E-state index in [1.54, 1.807) is 12.3 Å². The Kier molecular flexibility index (Phi) is 2.29. The largest absolute Gasteiger partial charge is 0.465 e. The molecule has 0 saturated carbocycles. The second-order valence-electron chi connectivity index (χ2n) is 3.55. The number of aliphatic hydroxyl groups is 1. The third-order valence-corrected chi connectivity index (χ3v) is 2.56. The quantitative estimate of drug-likeness (QED) is 0.667. The maximum Gasteiger partial charge on any atom is 0.339 e. The predicted molar refractivity (Wildman–Crippen MR) is 50.1 cm³/mol. The minimum absolute atomic E-state index is 0.275. The smallest absolute Gasteiger partial charge is 0.339 e. The lowest BCUT2D eigenvalue weighted by Crippen LogP contribution is -2.21. The summed E-state index contributed by atoms with van der Waals surface area (Å²) in [4.78, 5) is 11.2. The van der Waals surface area contributed by atoms with Gasteiger partial charge in [-0.15, -0.1) is 0 Å². The fourth-order valence-corrected chi connectivity index (χ4v) is 1.80. The molecule has 1 N–H and O–H groups in total. The van der Waals surface area contributed by atoms with Gasteiger partial charge >= 0.3 is 5.97 Å². The average Bonchev–Trinajstić information content (AvgIpc) is 2.59. The zero-order valence-electron chi connectivity index (χ0n) is 8.06. The van der Waals surface area contributed by atoms with Crippen LogP contribution in [-0.2, 0) is 17.7 Å². The second kappa shape index (κ2) is 3.46. The maximum atomic E-state index is 11.2. The van der Waals surface area contributed by atoms with Gasteiger partial charge in [0.05, 0.1) is 18.8 Å². The summed E-state index contributed by atoms with van der Waals surface area (Å²) in [5.74, 6) is -0.318. The van der Waals surface area contributed by atoms with Crippen LogP contribution in [0, 0.1) is 0 Å². The number of aliphatic hydroxyl groups excluding tert-OH is 1. The number of esters is 1. The fourth-order valence-electron chi connectivity index (χ4n) is 1.80. The summed E-state index contributed by atoms with van der Waals surface area (Å²) in [5, 5.41) is 9.43. The topological polar surface area (TPSA) is 51.5 Å². The fraction of sp³-hybridized carbons (Fsp3) is 0.500. The molecule has 2 heterocycles. The molecule has 0 saturated heterocycles. The van der Waals surface area contributed by atoms with E-state index in [9.17, 15) is 9.90 Å². The molecule has 0 radical (unpaired) electrons. The average molecular weight is 195 g/mol. The summed E-state index contributed by atoms with van der Waals surface area (Å²) in [7, 11) is 1.37. The minimum Gasteiger partial charge on any atom is -0.465 e. The molecule has 1 atom stereocenters. The summed E-state index contributed by atoms with van der Waals surface area (Å²) in [6, 6.07) is 1.79. The van der Waals surface area contributed by atoms with E-state index in [4.69, 9.17) is 0 Å². The molecule has 4 nitrogen and oxygen atoms in total. The van der Waals surface area contributed by atoms with Crippen molar-refractivity contribution in [1.82, 2.24) is 4.57 Å². The number of carbonyl (C=O) groups is 1. The first kappa shape index (κ1) is 9.27. The van der Waals surface area contributed by atoms with Crippen LogP contribution >= 0.6 is 0 Å². The highest BCUT2D eigenvalue weighted by molar-refractivity contribution is 5.89. The van der Waals surface area contributed by atoms with Gasteiger partial charge in [-0.05, 0) is 12.5 Å². The van der Waals surface area contributed by atoms with Crippen molar-refractivity contribution in [3.8, 4) is 0 Å². The Balaban J connectivity index is 2.27. The number of rotatable bonds is 1. The van der Waals surface area contributed by atoms with E-state index in [0.717, 1.165) is 18.7 Å². The Morgan fingerprint density at radius 3 is 3.21 bits per heavy atom. The van der Waals surface area contributed by atoms with Gasteiger partial charge in [0.2, 0.25) is 0 Å². The van der Waals surface area contributed by atoms with Gasteiger partial charge in [-0.3, -0.25) is 0 Å². The minimum atomic E-state index is -0.318. The predicted octanol–water partition coefficient (Wildman–Crippen LogP) is 0.582. The molecule has 0 aliphatic carbocycles. The number of nitrogens with zero attached hydrogens (tertiary/aromatic N) is 1. The zero-order chi connectivity index (χ0) is 10.1. The van der Waals surface area contributed by atoms with Crippen LogP contribution in [0.3, 0.4) is 0 Å². The van der Waals surface area contributed by atoms with E-state index < -0.39 is 0 Å². The van der Waals surface area contributed by atoms with Gasteiger partial charge < -0.3 is 14.4 Å². The molecule has 1 aromatic rings. The Morgan fingerprint density at radius 2 is 2.50 bits per heavy atom. The number of aryl methyl sites for hydroxylation is 1. The molecule has 0 bridgehead atoms. The van der Waals surface area contributed by atoms with Crippen molar-refractivity contribution in [2.24, 2.45) is 0 Å². The molecular weight excluding hydrogens is 182 g/mol. The van der Waals surface area contributed by atoms with Crippen LogP contribution in [0.25, 0.3) is 0 Å². The van der Waals surface area contributed by atoms with Crippen LogP contribution in [0.1, 0.15) is 22.5 Å². The number of hydrogen-bond donors (Lipinski definition) is 1. The van der Waals surface area contributed by atoms with E-state index in [2.05, 4.69) is 4.74 Å². The van der Waals surface area contributed by atoms with Crippen molar-refractivity contribution in [2.75, 3.05) is 7.11 Å². The molecule has 1 aliphatic heterocycles. The molecule has 0 amide bonds. The Bertz CT molecular complexity index is 356. The van der Waals surface area contributed by atoms with Gasteiger partial charge in [-0.1, -0.05) is 0 Å². The Labute approximate surface area is 82.1 Å². The summed E-state index contributed by atoms with van der Waals surface area (Å²) < 4.78 is 6.63. The number of aromatic nitrogens is 1. The van der Waals surface area contributed by atoms with Crippen LogP contribution in [0.5, 0.6) is 0 Å². The van der Waals surface area contributed by atoms with Gasteiger partial charge in [0.25, 0.3) is 0 Å². The lowest BCUT2D eigenvalue weighted by Gasteiger charge is -2.19. The lowest BCUT2D eigenvalue weighted by molar-refractivity contribution is 0.0600. The Morgan fingerprint density at radius 1 is 1.71 bits per heavy atom. The second-order valence-corrected chi connectivity index (χ2v) is 3.55. The van der Waals surface area contributed by atoms with E-state index in [1.165, 1.54) is 7.11 Å². The number of ether oxygens (including phenoxy) is 1. The zero-order valence-corrected chi connectivity index (χ0v) is 8.06. The van der Waals surface area contributed by atoms with Crippen molar-refractivity contribution >= 4 is 5.97 Å². The summed E-state index contributed by atoms with van der Waals surface area (Å²) in [6.45, 7) is 0.771. The summed E-state index contributed by atoms with van der Waals surface area (Å²) in [5.41, 5.74) is 1.57. The number of hydrogen-bond acceptors (Lipinski definition) is 3. The molecule has 1 unspecified atom stereocenters. The van der Waals surface area contributed by atoms with Crippen molar-refractivity contribution in [2.45, 2.75) is 25.5 Å². The highest BCUT2D eigenvalue weighted by atomic mass is 16.5. The van der Waals surface area contributed by atoms with Crippen LogP contribution in [0.4, 0.5) is 0 Å². The number of carbonyl (C=O) groups excluding carboxylic acids is 1. The van der Waals surface area contributed by atoms with Crippen molar-refractivity contribution < 1.29 is 14.6 Å². The van der Waals surface area contributed by atoms with Crippen molar-refractivity contribution in [3.05, 3.63) is 23.5 Å². The number of methoxy groups -OCH3 is 1. The van der Waals surface area contributed by atoms with E-state index in [0.29, 0.717) is 12.0 Å². The lowest BCUT2D eigenvalue weighted by atomic mass is 10.1. The summed E-state index contributed by atoms with van der Waals surface area (Å²) in [6.07, 6.45) is 2.88. The van der Waals surface area contributed by atoms with Crippen LogP contribution in [-0.4, -0.2) is 28.9 Å². The molecule has 14 heavy (non-hydrogen) atoms. The molecule has 0 fully saturated rings. The molecule has 0 aromatic carbocycles. The highest BCUT2D eigenvalue weighted by Crippen LogP contribution is 2.18. The molecule has 2 rings (SSSR count). The highest BCUT2D eigenvalue weighted by Gasteiger charge is 2.19. The van der Waals surface area contributed by atoms with Crippen LogP contribution in [0.2, 0.25) is 0 Å². The third kappa shape index (κ3) is 1.53. The maximum absolute atomic E-state index is 11.2. The summed E-state index contributed by atoms with van der Waals surface area (Å²) >= 11 is 0. The molecular formula is C10H13NO3. The molecule has 76 valence electrons. The molecule has 0 spiro atoms. The van der Waals surface area contributed by atoms with Gasteiger partial charge in [0.1, 0.15) is 0 Å². The Hall–Kier alpha value is -1.29. The van der Waals surface area contributed by atoms with Gasteiger partial charge in [0, 0.05) is 24.9 Å². The monoisotopic (exact) mass is 195 g/mol. The first-order valence-electron chi connectivity index (χ1n) is 4.66. The normalized spacial score (nSPS) is 20.3. The first-order valence-corrected chi connectivity index (χ1v) is 4.66. The van der Waals surface area contributed by atoms with Crippen molar-refractivity contribution in [3.63, 3.8) is 0 Å². The van der Waals surface area contributed by atoms with Gasteiger partial charge in [-0.2, -0.15) is 0 Å². The van der Waals surface area contributed by atoms with Gasteiger partial charge in [-0.25, -0.2) is 4.79 Å². The third-order valence-electron chi connectivity index (χ3n) is 2.56. The van der Waals surface area contributed by atoms with Crippen LogP contribution < -0.4 is 0 Å². The first-order chi connectivity index (χ1) is 6.70. The van der Waals surface area contributed by atoms with E-state index in [-0.39, 0.29) is 12.1 Å². The molecule has 4 heteroatoms. The van der Waals surface area contributed by atoms with E-state index in [1.807, 2.05) is 4.57 Å². The number of fused-ring (bicyclic) bond motifs is 1. The van der Waals surface area contributed by atoms with E-state index >= 15 is 0 Å². The molecule has 1 aromatic heterocycles. The molecule has 1 aliphatic rings. The van der Waals surface area contributed by atoms with Crippen LogP contribution in [0.15, 0.2) is 12.3 Å². The SMILES string of the molecule is COC(=O)c1cc2n(c1)CCC(O)C2. The van der Waals surface area contributed by atoms with Crippen molar-refractivity contribution in [1.29, 1.82) is 0 Å². The van der Waals surface area contributed by atoms with Gasteiger partial charge in [0.15, 0.2) is 0 Å². The standard InChI is InChI=1S/C10H13NO3/c1-14-10(13)7-4-8-5-9(12)2-3-11(8)6-7/h4,6,9,12H,2-3,5H2,1H3.